The van der Waals surface area contributed by atoms with Crippen LogP contribution in [0.1, 0.15) is 26.3 Å². The number of rotatable bonds is 7. The molecule has 126 valence electrons. The molecule has 1 rings (SSSR count). The van der Waals surface area contributed by atoms with Crippen LogP contribution in [0.5, 0.6) is 0 Å². The molecule has 0 saturated carbocycles. The zero-order chi connectivity index (χ0) is 16.8. The maximum atomic E-state index is 11.4. The monoisotopic (exact) mass is 332 g/mol. The van der Waals surface area contributed by atoms with Gasteiger partial charge in [-0.15, -0.1) is 0 Å². The Morgan fingerprint density at radius 2 is 1.73 bits per heavy atom. The summed E-state index contributed by atoms with van der Waals surface area (Å²) < 4.78 is 35.0. The molecule has 0 aliphatic carbocycles. The Labute approximate surface area is 132 Å². The first-order valence-electron chi connectivity index (χ1n) is 6.89. The Morgan fingerprint density at radius 3 is 2.27 bits per heavy atom. The summed E-state index contributed by atoms with van der Waals surface area (Å²) in [6.07, 6.45) is 0. The summed E-state index contributed by atoms with van der Waals surface area (Å²) in [6, 6.07) is 6.75. The van der Waals surface area contributed by atoms with Crippen molar-refractivity contribution in [1.82, 2.24) is 0 Å². The van der Waals surface area contributed by atoms with E-state index >= 15 is 0 Å². The van der Waals surface area contributed by atoms with E-state index in [9.17, 15) is 13.9 Å². The number of esters is 1. The highest BCUT2D eigenvalue weighted by molar-refractivity contribution is 8.20. The van der Waals surface area contributed by atoms with Crippen LogP contribution in [0.3, 0.4) is 0 Å². The highest BCUT2D eigenvalue weighted by Gasteiger charge is 2.21. The lowest BCUT2D eigenvalue weighted by Crippen LogP contribution is -2.27. The van der Waals surface area contributed by atoms with Crippen LogP contribution in [-0.2, 0) is 18.5 Å². The molecule has 1 aromatic carbocycles. The highest BCUT2D eigenvalue weighted by Crippen LogP contribution is 2.48. The molecule has 0 fully saturated rings. The third-order valence-corrected chi connectivity index (χ3v) is 3.82. The smallest absolute Gasteiger partial charge is 0.332 e. The molecule has 0 saturated heterocycles. The standard InChI is InChI=1S/C15H24O6S/c1-12-5-7-13(8-6-12)22(17,18)20-10-9-19-11-14(16)21-15(2,3)4/h5-8,17-18H,9-11H2,1-4H3. The molecule has 0 spiro atoms. The van der Waals surface area contributed by atoms with Crippen molar-refractivity contribution < 1.29 is 27.6 Å². The van der Waals surface area contributed by atoms with Gasteiger partial charge in [-0.3, -0.25) is 4.18 Å². The van der Waals surface area contributed by atoms with E-state index < -0.39 is 22.4 Å². The summed E-state index contributed by atoms with van der Waals surface area (Å²) in [5, 5.41) is 0. The van der Waals surface area contributed by atoms with Gasteiger partial charge in [-0.1, -0.05) is 17.7 Å². The first kappa shape index (κ1) is 18.9. The molecular weight excluding hydrogens is 308 g/mol. The number of carbonyl (C=O) groups is 1. The number of aryl methyl sites for hydroxylation is 1. The number of benzene rings is 1. The zero-order valence-electron chi connectivity index (χ0n) is 13.4. The fourth-order valence-electron chi connectivity index (χ4n) is 1.52. The molecule has 0 amide bonds. The Kier molecular flexibility index (Phi) is 6.83. The van der Waals surface area contributed by atoms with Gasteiger partial charge in [0.1, 0.15) is 23.1 Å². The molecule has 0 radical (unpaired) electrons. The molecule has 0 aromatic heterocycles. The summed E-state index contributed by atoms with van der Waals surface area (Å²) in [5.74, 6) is -0.474. The van der Waals surface area contributed by atoms with E-state index in [4.69, 9.17) is 13.7 Å². The van der Waals surface area contributed by atoms with Gasteiger partial charge in [-0.2, -0.15) is 0 Å². The maximum absolute atomic E-state index is 11.4. The molecule has 0 aliphatic rings. The molecule has 6 nitrogen and oxygen atoms in total. The van der Waals surface area contributed by atoms with Crippen molar-refractivity contribution >= 4 is 16.8 Å². The fourth-order valence-corrected chi connectivity index (χ4v) is 2.45. The van der Waals surface area contributed by atoms with Gasteiger partial charge in [0, 0.05) is 0 Å². The summed E-state index contributed by atoms with van der Waals surface area (Å²) in [7, 11) is -3.30. The van der Waals surface area contributed by atoms with Gasteiger partial charge >= 0.3 is 5.97 Å². The minimum Gasteiger partial charge on any atom is -0.458 e. The Morgan fingerprint density at radius 1 is 1.14 bits per heavy atom. The normalized spacial score (nSPS) is 13.0. The van der Waals surface area contributed by atoms with Crippen LogP contribution in [-0.4, -0.2) is 40.5 Å². The van der Waals surface area contributed by atoms with Crippen LogP contribution in [0, 0.1) is 6.92 Å². The van der Waals surface area contributed by atoms with Gasteiger partial charge in [0.05, 0.1) is 18.1 Å². The molecule has 0 atom stereocenters. The quantitative estimate of drug-likeness (QED) is 0.588. The average molecular weight is 332 g/mol. The fraction of sp³-hybridized carbons (Fsp3) is 0.533. The van der Waals surface area contributed by atoms with Crippen molar-refractivity contribution in [2.24, 2.45) is 0 Å². The van der Waals surface area contributed by atoms with E-state index in [1.807, 2.05) is 6.92 Å². The van der Waals surface area contributed by atoms with Crippen molar-refractivity contribution in [3.8, 4) is 0 Å². The SMILES string of the molecule is Cc1ccc(S(O)(O)OCCOCC(=O)OC(C)(C)C)cc1. The topological polar surface area (TPSA) is 85.2 Å². The molecule has 2 N–H and O–H groups in total. The largest absolute Gasteiger partial charge is 0.458 e. The molecular formula is C15H24O6S. The Balaban J connectivity index is 2.29. The minimum absolute atomic E-state index is 0.0427. The van der Waals surface area contributed by atoms with Gasteiger partial charge in [-0.25, -0.2) is 4.79 Å². The Bertz CT molecular complexity index is 478. The van der Waals surface area contributed by atoms with E-state index in [1.54, 1.807) is 45.0 Å². The number of ether oxygens (including phenoxy) is 2. The van der Waals surface area contributed by atoms with Gasteiger partial charge in [0.2, 0.25) is 0 Å². The molecule has 1 aromatic rings. The average Bonchev–Trinajstić information content (AvgIpc) is 2.36. The summed E-state index contributed by atoms with van der Waals surface area (Å²) >= 11 is 0. The molecule has 0 aliphatic heterocycles. The third kappa shape index (κ3) is 7.24. The van der Waals surface area contributed by atoms with Crippen molar-refractivity contribution in [2.75, 3.05) is 19.8 Å². The molecule has 0 bridgehead atoms. The molecule has 7 heteroatoms. The zero-order valence-corrected chi connectivity index (χ0v) is 14.2. The number of hydrogen-bond acceptors (Lipinski definition) is 6. The third-order valence-electron chi connectivity index (χ3n) is 2.44. The van der Waals surface area contributed by atoms with Gasteiger partial charge in [-0.05, 0) is 39.8 Å². The van der Waals surface area contributed by atoms with Crippen LogP contribution < -0.4 is 0 Å². The van der Waals surface area contributed by atoms with Gasteiger partial charge in [0.25, 0.3) is 0 Å². The number of carbonyl (C=O) groups excluding carboxylic acids is 1. The van der Waals surface area contributed by atoms with Crippen LogP contribution >= 0.6 is 10.9 Å². The molecule has 0 unspecified atom stereocenters. The Hall–Kier alpha value is -1.12. The van der Waals surface area contributed by atoms with E-state index in [0.29, 0.717) is 4.90 Å². The second-order valence-corrected chi connectivity index (χ2v) is 7.47. The van der Waals surface area contributed by atoms with Crippen LogP contribution in [0.2, 0.25) is 0 Å². The van der Waals surface area contributed by atoms with Crippen LogP contribution in [0.25, 0.3) is 0 Å². The second-order valence-electron chi connectivity index (χ2n) is 5.77. The minimum atomic E-state index is -3.30. The lowest BCUT2D eigenvalue weighted by molar-refractivity contribution is -0.160. The predicted octanol–water partition coefficient (Wildman–Crippen LogP) is 3.39. The van der Waals surface area contributed by atoms with E-state index in [-0.39, 0.29) is 19.8 Å². The molecule has 0 heterocycles. The van der Waals surface area contributed by atoms with Crippen molar-refractivity contribution in [3.05, 3.63) is 29.8 Å². The van der Waals surface area contributed by atoms with E-state index in [1.165, 1.54) is 0 Å². The first-order chi connectivity index (χ1) is 10.1. The molecule has 22 heavy (non-hydrogen) atoms. The first-order valence-corrected chi connectivity index (χ1v) is 8.36. The van der Waals surface area contributed by atoms with Crippen molar-refractivity contribution in [1.29, 1.82) is 0 Å². The van der Waals surface area contributed by atoms with Crippen LogP contribution in [0.4, 0.5) is 0 Å². The second kappa shape index (κ2) is 7.94. The lowest BCUT2D eigenvalue weighted by atomic mass is 10.2. The summed E-state index contributed by atoms with van der Waals surface area (Å²) in [6.45, 7) is 7.02. The van der Waals surface area contributed by atoms with Crippen molar-refractivity contribution in [3.63, 3.8) is 0 Å². The maximum Gasteiger partial charge on any atom is 0.332 e. The summed E-state index contributed by atoms with van der Waals surface area (Å²) in [5.41, 5.74) is 0.456. The summed E-state index contributed by atoms with van der Waals surface area (Å²) in [4.78, 5) is 11.7. The predicted molar refractivity (Wildman–Crippen MR) is 84.9 cm³/mol. The van der Waals surface area contributed by atoms with E-state index in [2.05, 4.69) is 0 Å². The lowest BCUT2D eigenvalue weighted by Gasteiger charge is -2.26. The van der Waals surface area contributed by atoms with E-state index in [0.717, 1.165) is 5.56 Å². The van der Waals surface area contributed by atoms with Crippen LogP contribution in [0.15, 0.2) is 29.2 Å². The highest BCUT2D eigenvalue weighted by atomic mass is 32.3. The van der Waals surface area contributed by atoms with Crippen molar-refractivity contribution in [2.45, 2.75) is 38.2 Å². The number of hydrogen-bond donors (Lipinski definition) is 2. The van der Waals surface area contributed by atoms with Gasteiger partial charge < -0.3 is 18.6 Å². The van der Waals surface area contributed by atoms with Gasteiger partial charge in [0.15, 0.2) is 0 Å².